The van der Waals surface area contributed by atoms with E-state index in [2.05, 4.69) is 4.72 Å². The van der Waals surface area contributed by atoms with Gasteiger partial charge in [0.15, 0.2) is 0 Å². The van der Waals surface area contributed by atoms with Gasteiger partial charge in [-0.15, -0.1) is 0 Å². The third-order valence-electron chi connectivity index (χ3n) is 4.76. The van der Waals surface area contributed by atoms with Gasteiger partial charge in [0, 0.05) is 0 Å². The SMILES string of the molecule is COc1cc(C)c(S(=O)(=O)N[C@H](c2ccccc2)c2cccc(C)c2)cc1C. The van der Waals surface area contributed by atoms with Crippen LogP contribution < -0.4 is 9.46 Å². The molecular formula is C23H25NO3S. The largest absolute Gasteiger partial charge is 0.496 e. The molecular weight excluding hydrogens is 370 g/mol. The van der Waals surface area contributed by atoms with Crippen molar-refractivity contribution in [3.05, 3.63) is 94.5 Å². The number of benzene rings is 3. The van der Waals surface area contributed by atoms with Crippen LogP contribution in [0.2, 0.25) is 0 Å². The van der Waals surface area contributed by atoms with Crippen LogP contribution in [0.4, 0.5) is 0 Å². The first kappa shape index (κ1) is 20.1. The molecule has 1 atom stereocenters. The van der Waals surface area contributed by atoms with Gasteiger partial charge in [-0.3, -0.25) is 0 Å². The minimum Gasteiger partial charge on any atom is -0.496 e. The fourth-order valence-corrected chi connectivity index (χ4v) is 4.84. The van der Waals surface area contributed by atoms with Gasteiger partial charge in [0.2, 0.25) is 10.0 Å². The summed E-state index contributed by atoms with van der Waals surface area (Å²) in [4.78, 5) is 0.263. The molecule has 4 nitrogen and oxygen atoms in total. The molecule has 3 rings (SSSR count). The van der Waals surface area contributed by atoms with E-state index in [0.29, 0.717) is 11.3 Å². The Morgan fingerprint density at radius 3 is 2.14 bits per heavy atom. The Kier molecular flexibility index (Phi) is 5.87. The molecule has 0 fully saturated rings. The number of sulfonamides is 1. The summed E-state index contributed by atoms with van der Waals surface area (Å²) in [6.07, 6.45) is 0. The van der Waals surface area contributed by atoms with Gasteiger partial charge < -0.3 is 4.74 Å². The molecule has 0 saturated heterocycles. The van der Waals surface area contributed by atoms with Crippen molar-refractivity contribution >= 4 is 10.0 Å². The number of nitrogens with one attached hydrogen (secondary N) is 1. The summed E-state index contributed by atoms with van der Waals surface area (Å²) in [7, 11) is -2.17. The van der Waals surface area contributed by atoms with Crippen LogP contribution in [0.25, 0.3) is 0 Å². The van der Waals surface area contributed by atoms with Crippen molar-refractivity contribution in [1.29, 1.82) is 0 Å². The Hall–Kier alpha value is -2.63. The van der Waals surface area contributed by atoms with Crippen LogP contribution in [0.15, 0.2) is 71.6 Å². The zero-order chi connectivity index (χ0) is 20.3. The minimum absolute atomic E-state index is 0.263. The van der Waals surface area contributed by atoms with Gasteiger partial charge in [0.25, 0.3) is 0 Å². The summed E-state index contributed by atoms with van der Waals surface area (Å²) in [5.41, 5.74) is 4.29. The zero-order valence-corrected chi connectivity index (χ0v) is 17.4. The van der Waals surface area contributed by atoms with E-state index in [4.69, 9.17) is 4.74 Å². The molecule has 3 aromatic carbocycles. The zero-order valence-electron chi connectivity index (χ0n) is 16.6. The van der Waals surface area contributed by atoms with Crippen LogP contribution in [-0.2, 0) is 10.0 Å². The predicted molar refractivity (Wildman–Crippen MR) is 112 cm³/mol. The second-order valence-electron chi connectivity index (χ2n) is 6.97. The van der Waals surface area contributed by atoms with Gasteiger partial charge in [-0.05, 0) is 55.2 Å². The molecule has 0 aromatic heterocycles. The normalized spacial score (nSPS) is 12.6. The molecule has 0 aliphatic heterocycles. The monoisotopic (exact) mass is 395 g/mol. The van der Waals surface area contributed by atoms with Gasteiger partial charge in [0.1, 0.15) is 5.75 Å². The fourth-order valence-electron chi connectivity index (χ4n) is 3.31. The van der Waals surface area contributed by atoms with Crippen molar-refractivity contribution in [2.75, 3.05) is 7.11 Å². The molecule has 5 heteroatoms. The molecule has 0 aliphatic carbocycles. The summed E-state index contributed by atoms with van der Waals surface area (Å²) < 4.78 is 34.8. The molecule has 1 N–H and O–H groups in total. The van der Waals surface area contributed by atoms with Crippen molar-refractivity contribution in [1.82, 2.24) is 4.72 Å². The van der Waals surface area contributed by atoms with E-state index in [1.165, 1.54) is 0 Å². The molecule has 0 unspecified atom stereocenters. The van der Waals surface area contributed by atoms with E-state index in [0.717, 1.165) is 22.3 Å². The molecule has 0 spiro atoms. The summed E-state index contributed by atoms with van der Waals surface area (Å²) in [5.74, 6) is 0.676. The quantitative estimate of drug-likeness (QED) is 0.659. The lowest BCUT2D eigenvalue weighted by Crippen LogP contribution is -2.30. The van der Waals surface area contributed by atoms with Crippen molar-refractivity contribution < 1.29 is 13.2 Å². The maximum atomic E-state index is 13.3. The number of methoxy groups -OCH3 is 1. The van der Waals surface area contributed by atoms with Gasteiger partial charge in [0.05, 0.1) is 18.0 Å². The highest BCUT2D eigenvalue weighted by atomic mass is 32.2. The van der Waals surface area contributed by atoms with Crippen LogP contribution in [0.5, 0.6) is 5.75 Å². The molecule has 146 valence electrons. The third kappa shape index (κ3) is 4.26. The molecule has 0 aliphatic rings. The van der Waals surface area contributed by atoms with Crippen molar-refractivity contribution in [2.24, 2.45) is 0 Å². The fraction of sp³-hybridized carbons (Fsp3) is 0.217. The average molecular weight is 396 g/mol. The first-order chi connectivity index (χ1) is 13.3. The van der Waals surface area contributed by atoms with Crippen molar-refractivity contribution in [2.45, 2.75) is 31.7 Å². The first-order valence-corrected chi connectivity index (χ1v) is 10.6. The van der Waals surface area contributed by atoms with E-state index in [9.17, 15) is 8.42 Å². The van der Waals surface area contributed by atoms with Crippen LogP contribution in [0.1, 0.15) is 33.9 Å². The smallest absolute Gasteiger partial charge is 0.241 e. The summed E-state index contributed by atoms with van der Waals surface area (Å²) in [5, 5.41) is 0. The minimum atomic E-state index is -3.75. The summed E-state index contributed by atoms with van der Waals surface area (Å²) >= 11 is 0. The van der Waals surface area contributed by atoms with Crippen LogP contribution in [0.3, 0.4) is 0 Å². The number of rotatable bonds is 6. The number of hydrogen-bond acceptors (Lipinski definition) is 3. The average Bonchev–Trinajstić information content (AvgIpc) is 2.68. The Labute approximate surface area is 167 Å². The predicted octanol–water partition coefficient (Wildman–Crippen LogP) is 4.69. The molecule has 28 heavy (non-hydrogen) atoms. The highest BCUT2D eigenvalue weighted by Crippen LogP contribution is 2.29. The van der Waals surface area contributed by atoms with Gasteiger partial charge in [-0.1, -0.05) is 60.2 Å². The maximum Gasteiger partial charge on any atom is 0.241 e. The van der Waals surface area contributed by atoms with Crippen LogP contribution in [0, 0.1) is 20.8 Å². The molecule has 0 saturated carbocycles. The summed E-state index contributed by atoms with van der Waals surface area (Å²) in [6.45, 7) is 5.62. The Morgan fingerprint density at radius 2 is 1.50 bits per heavy atom. The Balaban J connectivity index is 2.07. The van der Waals surface area contributed by atoms with Crippen molar-refractivity contribution in [3.8, 4) is 5.75 Å². The molecule has 0 heterocycles. The van der Waals surface area contributed by atoms with E-state index < -0.39 is 16.1 Å². The standard InChI is InChI=1S/C23H25NO3S/c1-16-9-8-12-20(13-16)23(19-10-6-5-7-11-19)24-28(25,26)22-15-17(2)21(27-4)14-18(22)3/h5-15,23-24H,1-4H3/t23-/m1/s1. The lowest BCUT2D eigenvalue weighted by atomic mass is 9.98. The summed E-state index contributed by atoms with van der Waals surface area (Å²) in [6, 6.07) is 20.4. The van der Waals surface area contributed by atoms with E-state index >= 15 is 0 Å². The molecule has 0 radical (unpaired) electrons. The number of hydrogen-bond donors (Lipinski definition) is 1. The maximum absolute atomic E-state index is 13.3. The van der Waals surface area contributed by atoms with Crippen LogP contribution in [-0.4, -0.2) is 15.5 Å². The molecule has 3 aromatic rings. The second kappa shape index (κ2) is 8.17. The second-order valence-corrected chi connectivity index (χ2v) is 8.65. The molecule has 0 bridgehead atoms. The van der Waals surface area contributed by atoms with Crippen LogP contribution >= 0.6 is 0 Å². The Morgan fingerprint density at radius 1 is 0.821 bits per heavy atom. The van der Waals surface area contributed by atoms with Crippen molar-refractivity contribution in [3.63, 3.8) is 0 Å². The topological polar surface area (TPSA) is 55.4 Å². The van der Waals surface area contributed by atoms with Gasteiger partial charge in [-0.25, -0.2) is 8.42 Å². The first-order valence-electron chi connectivity index (χ1n) is 9.11. The highest BCUT2D eigenvalue weighted by molar-refractivity contribution is 7.89. The lowest BCUT2D eigenvalue weighted by molar-refractivity contribution is 0.411. The van der Waals surface area contributed by atoms with E-state index in [1.54, 1.807) is 26.2 Å². The number of ether oxygens (including phenoxy) is 1. The van der Waals surface area contributed by atoms with E-state index in [1.807, 2.05) is 68.4 Å². The third-order valence-corrected chi connectivity index (χ3v) is 6.33. The molecule has 0 amide bonds. The number of aryl methyl sites for hydroxylation is 3. The van der Waals surface area contributed by atoms with Gasteiger partial charge >= 0.3 is 0 Å². The Bertz CT molecular complexity index is 1080. The van der Waals surface area contributed by atoms with E-state index in [-0.39, 0.29) is 4.90 Å². The van der Waals surface area contributed by atoms with Gasteiger partial charge in [-0.2, -0.15) is 4.72 Å². The lowest BCUT2D eigenvalue weighted by Gasteiger charge is -2.21. The highest BCUT2D eigenvalue weighted by Gasteiger charge is 2.25.